The van der Waals surface area contributed by atoms with Crippen molar-refractivity contribution < 1.29 is 23.8 Å². The fraction of sp³-hybridized carbons (Fsp3) is 0.579. The molecule has 7 heteroatoms. The number of nitrogens with one attached hydrogen (secondary N) is 1. The molecule has 1 aliphatic heterocycles. The van der Waals surface area contributed by atoms with E-state index in [4.69, 9.17) is 14.2 Å². The Bertz CT molecular complexity index is 600. The van der Waals surface area contributed by atoms with E-state index in [1.807, 2.05) is 13.8 Å². The molecule has 0 saturated carbocycles. The SMILES string of the molecule is CC(C)Oc1ccc(C(=O)N[C@@H]2CCOC[C@H]2OCC(=O)N(C)C)cc1. The molecule has 1 aromatic rings. The average molecular weight is 364 g/mol. The highest BCUT2D eigenvalue weighted by molar-refractivity contribution is 5.94. The van der Waals surface area contributed by atoms with E-state index in [1.165, 1.54) is 4.90 Å². The molecule has 144 valence electrons. The lowest BCUT2D eigenvalue weighted by Crippen LogP contribution is -2.50. The highest BCUT2D eigenvalue weighted by Crippen LogP contribution is 2.16. The van der Waals surface area contributed by atoms with Crippen LogP contribution in [-0.4, -0.2) is 68.9 Å². The molecule has 0 radical (unpaired) electrons. The van der Waals surface area contributed by atoms with Gasteiger partial charge in [-0.25, -0.2) is 0 Å². The second-order valence-corrected chi connectivity index (χ2v) is 6.77. The molecule has 0 aromatic heterocycles. The van der Waals surface area contributed by atoms with Crippen LogP contribution < -0.4 is 10.1 Å². The van der Waals surface area contributed by atoms with Crippen molar-refractivity contribution in [2.45, 2.75) is 38.5 Å². The molecule has 1 aromatic carbocycles. The highest BCUT2D eigenvalue weighted by Gasteiger charge is 2.29. The number of carbonyl (C=O) groups excluding carboxylic acids is 2. The van der Waals surface area contributed by atoms with Crippen LogP contribution >= 0.6 is 0 Å². The molecule has 1 fully saturated rings. The fourth-order valence-electron chi connectivity index (χ4n) is 2.56. The van der Waals surface area contributed by atoms with Crippen LogP contribution in [0.1, 0.15) is 30.6 Å². The molecule has 1 aliphatic rings. The topological polar surface area (TPSA) is 77.1 Å². The van der Waals surface area contributed by atoms with E-state index in [0.29, 0.717) is 25.2 Å². The lowest BCUT2D eigenvalue weighted by Gasteiger charge is -2.32. The number of carbonyl (C=O) groups is 2. The first-order chi connectivity index (χ1) is 12.4. The van der Waals surface area contributed by atoms with Crippen molar-refractivity contribution in [2.75, 3.05) is 33.9 Å². The van der Waals surface area contributed by atoms with Gasteiger partial charge >= 0.3 is 0 Å². The van der Waals surface area contributed by atoms with Gasteiger partial charge in [0.1, 0.15) is 18.5 Å². The predicted octanol–water partition coefficient (Wildman–Crippen LogP) is 1.47. The van der Waals surface area contributed by atoms with Crippen LogP contribution in [0.2, 0.25) is 0 Å². The van der Waals surface area contributed by atoms with Gasteiger partial charge < -0.3 is 24.4 Å². The zero-order chi connectivity index (χ0) is 19.1. The second kappa shape index (κ2) is 9.54. The number of rotatable bonds is 7. The minimum absolute atomic E-state index is 0.0331. The maximum atomic E-state index is 12.5. The summed E-state index contributed by atoms with van der Waals surface area (Å²) in [7, 11) is 3.35. The van der Waals surface area contributed by atoms with Crippen molar-refractivity contribution in [3.8, 4) is 5.75 Å². The Balaban J connectivity index is 1.93. The highest BCUT2D eigenvalue weighted by atomic mass is 16.5. The summed E-state index contributed by atoms with van der Waals surface area (Å²) >= 11 is 0. The summed E-state index contributed by atoms with van der Waals surface area (Å²) in [5.74, 6) is 0.424. The Morgan fingerprint density at radius 3 is 2.58 bits per heavy atom. The molecule has 26 heavy (non-hydrogen) atoms. The normalized spacial score (nSPS) is 19.9. The van der Waals surface area contributed by atoms with Gasteiger partial charge in [0.25, 0.3) is 5.91 Å². The summed E-state index contributed by atoms with van der Waals surface area (Å²) in [5, 5.41) is 2.99. The minimum Gasteiger partial charge on any atom is -0.491 e. The summed E-state index contributed by atoms with van der Waals surface area (Å²) in [6.45, 7) is 4.77. The van der Waals surface area contributed by atoms with Gasteiger partial charge in [-0.15, -0.1) is 0 Å². The van der Waals surface area contributed by atoms with Crippen LogP contribution in [0.5, 0.6) is 5.75 Å². The molecule has 7 nitrogen and oxygen atoms in total. The lowest BCUT2D eigenvalue weighted by atomic mass is 10.1. The van der Waals surface area contributed by atoms with Crippen molar-refractivity contribution in [3.05, 3.63) is 29.8 Å². The van der Waals surface area contributed by atoms with Crippen LogP contribution in [0.15, 0.2) is 24.3 Å². The number of hydrogen-bond donors (Lipinski definition) is 1. The van der Waals surface area contributed by atoms with Gasteiger partial charge in [0.05, 0.1) is 18.8 Å². The summed E-state index contributed by atoms with van der Waals surface area (Å²) in [6, 6.07) is 6.83. The van der Waals surface area contributed by atoms with E-state index >= 15 is 0 Å². The molecule has 2 atom stereocenters. The summed E-state index contributed by atoms with van der Waals surface area (Å²) in [6.07, 6.45) is 0.376. The van der Waals surface area contributed by atoms with Crippen molar-refractivity contribution in [3.63, 3.8) is 0 Å². The van der Waals surface area contributed by atoms with Gasteiger partial charge in [0.2, 0.25) is 5.91 Å². The van der Waals surface area contributed by atoms with Gasteiger partial charge in [-0.2, -0.15) is 0 Å². The zero-order valence-corrected chi connectivity index (χ0v) is 15.9. The number of nitrogens with zero attached hydrogens (tertiary/aromatic N) is 1. The number of benzene rings is 1. The first-order valence-electron chi connectivity index (χ1n) is 8.84. The third kappa shape index (κ3) is 6.00. The van der Waals surface area contributed by atoms with E-state index in [-0.39, 0.29) is 36.7 Å². The van der Waals surface area contributed by atoms with Crippen molar-refractivity contribution >= 4 is 11.8 Å². The zero-order valence-electron chi connectivity index (χ0n) is 15.9. The van der Waals surface area contributed by atoms with E-state index in [2.05, 4.69) is 5.32 Å². The van der Waals surface area contributed by atoms with E-state index < -0.39 is 0 Å². The molecule has 1 heterocycles. The first kappa shape index (κ1) is 20.2. The molecular formula is C19H28N2O5. The van der Waals surface area contributed by atoms with Crippen molar-refractivity contribution in [1.82, 2.24) is 10.2 Å². The maximum absolute atomic E-state index is 12.5. The summed E-state index contributed by atoms with van der Waals surface area (Å²) < 4.78 is 16.7. The second-order valence-electron chi connectivity index (χ2n) is 6.77. The monoisotopic (exact) mass is 364 g/mol. The lowest BCUT2D eigenvalue weighted by molar-refractivity contribution is -0.140. The van der Waals surface area contributed by atoms with Crippen molar-refractivity contribution in [2.24, 2.45) is 0 Å². The Hall–Kier alpha value is -2.12. The van der Waals surface area contributed by atoms with E-state index in [0.717, 1.165) is 5.75 Å². The van der Waals surface area contributed by atoms with Gasteiger partial charge in [-0.3, -0.25) is 9.59 Å². The van der Waals surface area contributed by atoms with Crippen LogP contribution in [0.25, 0.3) is 0 Å². The molecule has 0 bridgehead atoms. The summed E-state index contributed by atoms with van der Waals surface area (Å²) in [4.78, 5) is 25.7. The van der Waals surface area contributed by atoms with E-state index in [1.54, 1.807) is 38.4 Å². The standard InChI is InChI=1S/C19H28N2O5/c1-13(2)26-15-7-5-14(6-8-15)19(23)20-16-9-10-24-11-17(16)25-12-18(22)21(3)4/h5-8,13,16-17H,9-12H2,1-4H3,(H,20,23)/t16-,17-/m1/s1. The molecule has 2 rings (SSSR count). The predicted molar refractivity (Wildman–Crippen MR) is 97.3 cm³/mol. The average Bonchev–Trinajstić information content (AvgIpc) is 2.60. The van der Waals surface area contributed by atoms with E-state index in [9.17, 15) is 9.59 Å². The molecule has 1 saturated heterocycles. The first-order valence-corrected chi connectivity index (χ1v) is 8.84. The fourth-order valence-corrected chi connectivity index (χ4v) is 2.56. The van der Waals surface area contributed by atoms with Gasteiger partial charge in [0.15, 0.2) is 0 Å². The molecule has 1 N–H and O–H groups in total. The summed E-state index contributed by atoms with van der Waals surface area (Å²) in [5.41, 5.74) is 0.552. The van der Waals surface area contributed by atoms with Crippen LogP contribution in [0.3, 0.4) is 0 Å². The smallest absolute Gasteiger partial charge is 0.251 e. The number of hydrogen-bond acceptors (Lipinski definition) is 5. The maximum Gasteiger partial charge on any atom is 0.251 e. The van der Waals surface area contributed by atoms with Crippen molar-refractivity contribution in [1.29, 1.82) is 0 Å². The van der Waals surface area contributed by atoms with Gasteiger partial charge in [-0.1, -0.05) is 0 Å². The Labute approximate surface area is 154 Å². The van der Waals surface area contributed by atoms with Crippen LogP contribution in [0, 0.1) is 0 Å². The van der Waals surface area contributed by atoms with Gasteiger partial charge in [-0.05, 0) is 44.5 Å². The Kier molecular flexibility index (Phi) is 7.41. The van der Waals surface area contributed by atoms with Gasteiger partial charge in [0, 0.05) is 26.3 Å². The third-order valence-corrected chi connectivity index (χ3v) is 4.03. The third-order valence-electron chi connectivity index (χ3n) is 4.03. The Morgan fingerprint density at radius 2 is 1.96 bits per heavy atom. The largest absolute Gasteiger partial charge is 0.491 e. The number of amides is 2. The molecule has 0 aliphatic carbocycles. The molecule has 0 spiro atoms. The van der Waals surface area contributed by atoms with Crippen LogP contribution in [0.4, 0.5) is 0 Å². The number of likely N-dealkylation sites (N-methyl/N-ethyl adjacent to an activating group) is 1. The quantitative estimate of drug-likeness (QED) is 0.793. The molecule has 2 amide bonds. The van der Waals surface area contributed by atoms with Crippen LogP contribution in [-0.2, 0) is 14.3 Å². The molecule has 0 unspecified atom stereocenters. The Morgan fingerprint density at radius 1 is 1.27 bits per heavy atom. The minimum atomic E-state index is -0.347. The number of ether oxygens (including phenoxy) is 3. The molecular weight excluding hydrogens is 336 g/mol.